The number of nitrogens with two attached hydrogens (primary N) is 1. The highest BCUT2D eigenvalue weighted by molar-refractivity contribution is 5.95. The van der Waals surface area contributed by atoms with Crippen LogP contribution in [0.3, 0.4) is 0 Å². The van der Waals surface area contributed by atoms with Crippen LogP contribution in [0.1, 0.15) is 11.5 Å². The fourth-order valence-corrected chi connectivity index (χ4v) is 3.98. The third-order valence-corrected chi connectivity index (χ3v) is 5.38. The third kappa shape index (κ3) is 4.01. The van der Waals surface area contributed by atoms with Crippen LogP contribution in [0.25, 0.3) is 0 Å². The first-order valence-electron chi connectivity index (χ1n) is 9.40. The predicted molar refractivity (Wildman–Crippen MR) is 106 cm³/mol. The smallest absolute Gasteiger partial charge is 0.296 e. The van der Waals surface area contributed by atoms with E-state index in [4.69, 9.17) is 15.2 Å². The van der Waals surface area contributed by atoms with Crippen molar-refractivity contribution in [3.8, 4) is 11.5 Å². The molecule has 3 N–H and O–H groups in total. The SMILES string of the molecule is NC[C@@H]1CN(CC(=O)Nc2cc3c(cc2[N+](=O)[O-])OCO3)C[C@H]1c1ccccc1. The molecule has 0 aromatic heterocycles. The van der Waals surface area contributed by atoms with E-state index in [-0.39, 0.29) is 42.5 Å². The number of benzene rings is 2. The van der Waals surface area contributed by atoms with Gasteiger partial charge in [-0.2, -0.15) is 0 Å². The summed E-state index contributed by atoms with van der Waals surface area (Å²) in [7, 11) is 0. The van der Waals surface area contributed by atoms with Gasteiger partial charge in [0.25, 0.3) is 5.69 Å². The monoisotopic (exact) mass is 398 g/mol. The molecule has 2 aliphatic rings. The van der Waals surface area contributed by atoms with Crippen LogP contribution in [0.4, 0.5) is 11.4 Å². The maximum absolute atomic E-state index is 12.6. The Hall–Kier alpha value is -3.17. The summed E-state index contributed by atoms with van der Waals surface area (Å²) in [5.74, 6) is 0.862. The lowest BCUT2D eigenvalue weighted by Crippen LogP contribution is -2.32. The molecule has 2 heterocycles. The highest BCUT2D eigenvalue weighted by atomic mass is 16.7. The number of amides is 1. The number of ether oxygens (including phenoxy) is 2. The maximum atomic E-state index is 12.6. The van der Waals surface area contributed by atoms with Crippen LogP contribution >= 0.6 is 0 Å². The molecule has 0 aliphatic carbocycles. The van der Waals surface area contributed by atoms with E-state index in [9.17, 15) is 14.9 Å². The molecule has 2 aromatic carbocycles. The first-order chi connectivity index (χ1) is 14.0. The minimum Gasteiger partial charge on any atom is -0.454 e. The Morgan fingerprint density at radius 2 is 1.93 bits per heavy atom. The molecule has 0 bridgehead atoms. The van der Waals surface area contributed by atoms with E-state index in [2.05, 4.69) is 17.4 Å². The number of likely N-dealkylation sites (tertiary alicyclic amines) is 1. The fraction of sp³-hybridized carbons (Fsp3) is 0.350. The Labute approximate surface area is 167 Å². The van der Waals surface area contributed by atoms with Crippen molar-refractivity contribution in [1.29, 1.82) is 0 Å². The van der Waals surface area contributed by atoms with Gasteiger partial charge in [-0.1, -0.05) is 30.3 Å². The van der Waals surface area contributed by atoms with Crippen molar-refractivity contribution in [3.05, 3.63) is 58.1 Å². The standard InChI is InChI=1S/C20H22N4O5/c21-8-14-9-23(10-15(14)13-4-2-1-3-5-13)11-20(25)22-16-6-18-19(29-12-28-18)7-17(16)24(26)27/h1-7,14-15H,8-12,21H2,(H,22,25)/t14-,15+/m1/s1. The first kappa shape index (κ1) is 19.2. The summed E-state index contributed by atoms with van der Waals surface area (Å²) in [6.45, 7) is 2.07. The number of carbonyl (C=O) groups is 1. The number of rotatable bonds is 6. The highest BCUT2D eigenvalue weighted by Gasteiger charge is 2.34. The zero-order valence-corrected chi connectivity index (χ0v) is 15.7. The van der Waals surface area contributed by atoms with Crippen LogP contribution in [0.5, 0.6) is 11.5 Å². The zero-order valence-electron chi connectivity index (χ0n) is 15.7. The molecule has 1 amide bonds. The van der Waals surface area contributed by atoms with Gasteiger partial charge in [-0.05, 0) is 18.0 Å². The maximum Gasteiger partial charge on any atom is 0.296 e. The van der Waals surface area contributed by atoms with E-state index in [1.165, 1.54) is 17.7 Å². The predicted octanol–water partition coefficient (Wildman–Crippen LogP) is 1.94. The van der Waals surface area contributed by atoms with Crippen molar-refractivity contribution in [3.63, 3.8) is 0 Å². The van der Waals surface area contributed by atoms with Crippen LogP contribution < -0.4 is 20.5 Å². The second-order valence-electron chi connectivity index (χ2n) is 7.23. The molecule has 2 aliphatic heterocycles. The number of hydrogen-bond acceptors (Lipinski definition) is 7. The third-order valence-electron chi connectivity index (χ3n) is 5.38. The molecule has 152 valence electrons. The van der Waals surface area contributed by atoms with Gasteiger partial charge in [0.2, 0.25) is 12.7 Å². The summed E-state index contributed by atoms with van der Waals surface area (Å²) in [5, 5.41) is 14.0. The molecule has 0 radical (unpaired) electrons. The average molecular weight is 398 g/mol. The number of anilines is 1. The topological polar surface area (TPSA) is 120 Å². The molecule has 1 fully saturated rings. The minimum atomic E-state index is -0.552. The number of carbonyl (C=O) groups excluding carboxylic acids is 1. The highest BCUT2D eigenvalue weighted by Crippen LogP contribution is 2.40. The summed E-state index contributed by atoms with van der Waals surface area (Å²) in [5.41, 5.74) is 7.03. The van der Waals surface area contributed by atoms with Gasteiger partial charge in [-0.25, -0.2) is 0 Å². The van der Waals surface area contributed by atoms with Crippen LogP contribution in [-0.4, -0.2) is 48.7 Å². The number of nitro benzene ring substituents is 1. The van der Waals surface area contributed by atoms with Crippen LogP contribution in [-0.2, 0) is 4.79 Å². The molecular weight excluding hydrogens is 376 g/mol. The molecule has 1 saturated heterocycles. The molecule has 9 heteroatoms. The van der Waals surface area contributed by atoms with E-state index >= 15 is 0 Å². The van der Waals surface area contributed by atoms with Gasteiger partial charge in [0.05, 0.1) is 17.5 Å². The molecule has 9 nitrogen and oxygen atoms in total. The summed E-state index contributed by atoms with van der Waals surface area (Å²) < 4.78 is 10.4. The van der Waals surface area contributed by atoms with Crippen molar-refractivity contribution >= 4 is 17.3 Å². The van der Waals surface area contributed by atoms with Crippen molar-refractivity contribution in [2.75, 3.05) is 38.3 Å². The molecule has 4 rings (SSSR count). The van der Waals surface area contributed by atoms with Gasteiger partial charge in [0.15, 0.2) is 11.5 Å². The zero-order chi connectivity index (χ0) is 20.4. The van der Waals surface area contributed by atoms with Gasteiger partial charge in [-0.15, -0.1) is 0 Å². The Morgan fingerprint density at radius 1 is 1.21 bits per heavy atom. The summed E-state index contributed by atoms with van der Waals surface area (Å²) in [6, 6.07) is 12.8. The Balaban J connectivity index is 1.45. The lowest BCUT2D eigenvalue weighted by molar-refractivity contribution is -0.384. The van der Waals surface area contributed by atoms with E-state index in [0.717, 1.165) is 0 Å². The second kappa shape index (κ2) is 8.06. The lowest BCUT2D eigenvalue weighted by atomic mass is 9.89. The van der Waals surface area contributed by atoms with Gasteiger partial charge >= 0.3 is 0 Å². The van der Waals surface area contributed by atoms with Gasteiger partial charge in [0.1, 0.15) is 5.69 Å². The van der Waals surface area contributed by atoms with Gasteiger partial charge < -0.3 is 20.5 Å². The van der Waals surface area contributed by atoms with Crippen molar-refractivity contribution in [2.24, 2.45) is 11.7 Å². The van der Waals surface area contributed by atoms with Gasteiger partial charge in [-0.3, -0.25) is 19.8 Å². The Kier molecular flexibility index (Phi) is 5.32. The van der Waals surface area contributed by atoms with Crippen LogP contribution in [0.2, 0.25) is 0 Å². The molecule has 2 atom stereocenters. The molecule has 0 unspecified atom stereocenters. The molecule has 0 saturated carbocycles. The number of fused-ring (bicyclic) bond motifs is 1. The van der Waals surface area contributed by atoms with E-state index in [0.29, 0.717) is 31.1 Å². The molecule has 29 heavy (non-hydrogen) atoms. The van der Waals surface area contributed by atoms with Crippen molar-refractivity contribution in [2.45, 2.75) is 5.92 Å². The Morgan fingerprint density at radius 3 is 2.62 bits per heavy atom. The quantitative estimate of drug-likeness (QED) is 0.563. The first-order valence-corrected chi connectivity index (χ1v) is 9.40. The van der Waals surface area contributed by atoms with E-state index < -0.39 is 4.92 Å². The minimum absolute atomic E-state index is 0.000975. The van der Waals surface area contributed by atoms with E-state index in [1.54, 1.807) is 0 Å². The molecule has 0 spiro atoms. The second-order valence-corrected chi connectivity index (χ2v) is 7.23. The van der Waals surface area contributed by atoms with Gasteiger partial charge in [0, 0.05) is 25.1 Å². The Bertz CT molecular complexity index is 921. The van der Waals surface area contributed by atoms with Crippen LogP contribution in [0, 0.1) is 16.0 Å². The lowest BCUT2D eigenvalue weighted by Gasteiger charge is -2.16. The fourth-order valence-electron chi connectivity index (χ4n) is 3.98. The normalized spacial score (nSPS) is 20.6. The summed E-state index contributed by atoms with van der Waals surface area (Å²) in [4.78, 5) is 25.4. The molecule has 2 aromatic rings. The van der Waals surface area contributed by atoms with Crippen LogP contribution in [0.15, 0.2) is 42.5 Å². The number of nitro groups is 1. The van der Waals surface area contributed by atoms with Crippen molar-refractivity contribution < 1.29 is 19.2 Å². The largest absolute Gasteiger partial charge is 0.454 e. The average Bonchev–Trinajstić information content (AvgIpc) is 3.33. The number of nitrogens with zero attached hydrogens (tertiary/aromatic N) is 2. The molecular formula is C20H22N4O5. The summed E-state index contributed by atoms with van der Waals surface area (Å²) >= 11 is 0. The summed E-state index contributed by atoms with van der Waals surface area (Å²) in [6.07, 6.45) is 0. The number of nitrogens with one attached hydrogen (secondary N) is 1. The van der Waals surface area contributed by atoms with Crippen molar-refractivity contribution in [1.82, 2.24) is 4.90 Å². The van der Waals surface area contributed by atoms with E-state index in [1.807, 2.05) is 23.1 Å². The number of hydrogen-bond donors (Lipinski definition) is 2.